The van der Waals surface area contributed by atoms with Crippen molar-refractivity contribution in [3.05, 3.63) is 71.3 Å². The number of nitrogens with two attached hydrogens (primary N) is 1. The highest BCUT2D eigenvalue weighted by Crippen LogP contribution is 2.20. The minimum atomic E-state index is -0.623. The second-order valence-corrected chi connectivity index (χ2v) is 9.79. The third kappa shape index (κ3) is 7.13. The third-order valence-electron chi connectivity index (χ3n) is 6.99. The summed E-state index contributed by atoms with van der Waals surface area (Å²) in [5.41, 5.74) is 9.59. The Morgan fingerprint density at radius 2 is 1.26 bits per heavy atom. The Bertz CT molecular complexity index is 933. The highest BCUT2D eigenvalue weighted by molar-refractivity contribution is 6.35. The van der Waals surface area contributed by atoms with Crippen molar-refractivity contribution in [2.45, 2.75) is 50.9 Å². The van der Waals surface area contributed by atoms with Crippen LogP contribution in [0.4, 0.5) is 0 Å². The van der Waals surface area contributed by atoms with Gasteiger partial charge in [-0.25, -0.2) is 0 Å². The van der Waals surface area contributed by atoms with Gasteiger partial charge in [0.05, 0.1) is 0 Å². The van der Waals surface area contributed by atoms with Crippen molar-refractivity contribution in [1.29, 1.82) is 0 Å². The van der Waals surface area contributed by atoms with E-state index in [1.165, 1.54) is 37.1 Å². The number of piperidine rings is 1. The molecule has 2 aromatic carbocycles. The quantitative estimate of drug-likeness (QED) is 0.521. The molecule has 2 aliphatic heterocycles. The second-order valence-electron chi connectivity index (χ2n) is 9.79. The summed E-state index contributed by atoms with van der Waals surface area (Å²) >= 11 is 0. The van der Waals surface area contributed by atoms with E-state index in [0.717, 1.165) is 44.6 Å². The van der Waals surface area contributed by atoms with Crippen LogP contribution >= 0.6 is 0 Å². The second kappa shape index (κ2) is 11.6. The first-order valence-corrected chi connectivity index (χ1v) is 12.4. The largest absolute Gasteiger partial charge is 0.346 e. The SMILES string of the molecule is NC1(CNC(=O)C(=O)NCc2ccc(CN3CCCC3)cc2)CCN(Cc2ccccc2)CC1. The van der Waals surface area contributed by atoms with E-state index < -0.39 is 17.4 Å². The molecule has 2 aliphatic rings. The Morgan fingerprint density at radius 1 is 0.735 bits per heavy atom. The van der Waals surface area contributed by atoms with E-state index in [0.29, 0.717) is 13.1 Å². The van der Waals surface area contributed by atoms with Crippen LogP contribution in [0.2, 0.25) is 0 Å². The topological polar surface area (TPSA) is 90.7 Å². The van der Waals surface area contributed by atoms with Crippen molar-refractivity contribution >= 4 is 11.8 Å². The maximum atomic E-state index is 12.3. The van der Waals surface area contributed by atoms with Gasteiger partial charge in [-0.1, -0.05) is 54.6 Å². The molecule has 0 atom stereocenters. The molecule has 2 aromatic rings. The average Bonchev–Trinajstić information content (AvgIpc) is 3.37. The summed E-state index contributed by atoms with van der Waals surface area (Å²) in [7, 11) is 0. The maximum absolute atomic E-state index is 12.3. The van der Waals surface area contributed by atoms with Gasteiger partial charge in [0.25, 0.3) is 0 Å². The minimum absolute atomic E-state index is 0.309. The molecule has 4 rings (SSSR count). The summed E-state index contributed by atoms with van der Waals surface area (Å²) in [5.74, 6) is -1.24. The number of hydrogen-bond donors (Lipinski definition) is 3. The van der Waals surface area contributed by atoms with Crippen LogP contribution in [0.3, 0.4) is 0 Å². The fraction of sp³-hybridized carbons (Fsp3) is 0.481. The normalized spacial score (nSPS) is 18.5. The zero-order valence-corrected chi connectivity index (χ0v) is 20.0. The third-order valence-corrected chi connectivity index (χ3v) is 6.99. The average molecular weight is 464 g/mol. The van der Waals surface area contributed by atoms with E-state index >= 15 is 0 Å². The van der Waals surface area contributed by atoms with Crippen molar-refractivity contribution < 1.29 is 9.59 Å². The lowest BCUT2D eigenvalue weighted by Crippen LogP contribution is -2.57. The van der Waals surface area contributed by atoms with Gasteiger partial charge >= 0.3 is 11.8 Å². The molecule has 34 heavy (non-hydrogen) atoms. The molecule has 0 bridgehead atoms. The van der Waals surface area contributed by atoms with E-state index in [1.807, 2.05) is 18.2 Å². The zero-order valence-electron chi connectivity index (χ0n) is 20.0. The smallest absolute Gasteiger partial charge is 0.309 e. The number of nitrogens with one attached hydrogen (secondary N) is 2. The Hall–Kier alpha value is -2.74. The standard InChI is InChI=1S/C27H37N5O2/c28-27(12-16-32(17-13-27)19-23-6-2-1-3-7-23)21-30-26(34)25(33)29-18-22-8-10-24(11-9-22)20-31-14-4-5-15-31/h1-3,6-11H,4-5,12-21,28H2,(H,29,33)(H,30,34). The Morgan fingerprint density at radius 3 is 1.91 bits per heavy atom. The van der Waals surface area contributed by atoms with E-state index in [-0.39, 0.29) is 0 Å². The Balaban J connectivity index is 1.15. The van der Waals surface area contributed by atoms with Gasteiger partial charge in [0.2, 0.25) is 0 Å². The van der Waals surface area contributed by atoms with Gasteiger partial charge in [-0.3, -0.25) is 19.4 Å². The van der Waals surface area contributed by atoms with Gasteiger partial charge in [0, 0.05) is 44.8 Å². The number of rotatable bonds is 8. The molecule has 7 heteroatoms. The molecule has 2 saturated heterocycles. The first kappa shape index (κ1) is 24.4. The van der Waals surface area contributed by atoms with Crippen molar-refractivity contribution in [3.8, 4) is 0 Å². The molecule has 2 amide bonds. The summed E-state index contributed by atoms with van der Waals surface area (Å²) in [5, 5.41) is 5.46. The van der Waals surface area contributed by atoms with Crippen LogP contribution in [-0.4, -0.2) is 59.9 Å². The van der Waals surface area contributed by atoms with Gasteiger partial charge in [-0.2, -0.15) is 0 Å². The van der Waals surface area contributed by atoms with Crippen LogP contribution in [-0.2, 0) is 29.2 Å². The summed E-state index contributed by atoms with van der Waals surface area (Å²) in [6.07, 6.45) is 4.13. The summed E-state index contributed by atoms with van der Waals surface area (Å²) in [4.78, 5) is 29.4. The van der Waals surface area contributed by atoms with E-state index in [4.69, 9.17) is 5.73 Å². The molecule has 0 radical (unpaired) electrons. The van der Waals surface area contributed by atoms with Crippen molar-refractivity contribution in [2.75, 3.05) is 32.7 Å². The molecule has 0 unspecified atom stereocenters. The fourth-order valence-electron chi connectivity index (χ4n) is 4.74. The molecular weight excluding hydrogens is 426 g/mol. The number of benzene rings is 2. The summed E-state index contributed by atoms with van der Waals surface area (Å²) < 4.78 is 0. The van der Waals surface area contributed by atoms with Crippen LogP contribution in [0.25, 0.3) is 0 Å². The van der Waals surface area contributed by atoms with Crippen LogP contribution in [0.5, 0.6) is 0 Å². The molecule has 4 N–H and O–H groups in total. The van der Waals surface area contributed by atoms with Gasteiger partial charge in [0.15, 0.2) is 0 Å². The van der Waals surface area contributed by atoms with E-state index in [9.17, 15) is 9.59 Å². The summed E-state index contributed by atoms with van der Waals surface area (Å²) in [6.45, 7) is 6.61. The fourth-order valence-corrected chi connectivity index (χ4v) is 4.74. The lowest BCUT2D eigenvalue weighted by Gasteiger charge is -2.39. The van der Waals surface area contributed by atoms with Gasteiger partial charge < -0.3 is 16.4 Å². The van der Waals surface area contributed by atoms with Crippen molar-refractivity contribution in [1.82, 2.24) is 20.4 Å². The van der Waals surface area contributed by atoms with Crippen LogP contribution in [0.1, 0.15) is 42.4 Å². The lowest BCUT2D eigenvalue weighted by atomic mass is 9.88. The molecule has 2 fully saturated rings. The van der Waals surface area contributed by atoms with Gasteiger partial charge in [-0.15, -0.1) is 0 Å². The van der Waals surface area contributed by atoms with Crippen LogP contribution in [0, 0.1) is 0 Å². The van der Waals surface area contributed by atoms with Crippen LogP contribution < -0.4 is 16.4 Å². The monoisotopic (exact) mass is 463 g/mol. The first-order valence-electron chi connectivity index (χ1n) is 12.4. The molecule has 182 valence electrons. The van der Waals surface area contributed by atoms with Crippen molar-refractivity contribution in [2.24, 2.45) is 5.73 Å². The number of likely N-dealkylation sites (tertiary alicyclic amines) is 2. The van der Waals surface area contributed by atoms with Crippen molar-refractivity contribution in [3.63, 3.8) is 0 Å². The summed E-state index contributed by atoms with van der Waals surface area (Å²) in [6, 6.07) is 18.6. The van der Waals surface area contributed by atoms with Gasteiger partial charge in [0.1, 0.15) is 0 Å². The molecule has 0 spiro atoms. The molecule has 2 heterocycles. The zero-order chi connectivity index (χ0) is 23.8. The minimum Gasteiger partial charge on any atom is -0.346 e. The molecule has 0 aliphatic carbocycles. The number of nitrogens with zero attached hydrogens (tertiary/aromatic N) is 2. The number of hydrogen-bond acceptors (Lipinski definition) is 5. The predicted octanol–water partition coefficient (Wildman–Crippen LogP) is 2.01. The Labute approximate surface area is 202 Å². The van der Waals surface area contributed by atoms with Crippen LogP contribution in [0.15, 0.2) is 54.6 Å². The first-order chi connectivity index (χ1) is 16.5. The highest BCUT2D eigenvalue weighted by Gasteiger charge is 2.31. The number of carbonyl (C=O) groups excluding carboxylic acids is 2. The number of amides is 2. The molecule has 7 nitrogen and oxygen atoms in total. The highest BCUT2D eigenvalue weighted by atomic mass is 16.2. The number of carbonyl (C=O) groups is 2. The predicted molar refractivity (Wildman–Crippen MR) is 134 cm³/mol. The molecule has 0 aromatic heterocycles. The molecular formula is C27H37N5O2. The van der Waals surface area contributed by atoms with Gasteiger partial charge in [-0.05, 0) is 55.5 Å². The van der Waals surface area contributed by atoms with E-state index in [2.05, 4.69) is 56.8 Å². The molecule has 0 saturated carbocycles. The maximum Gasteiger partial charge on any atom is 0.309 e. The van der Waals surface area contributed by atoms with E-state index in [1.54, 1.807) is 0 Å². The Kier molecular flexibility index (Phi) is 8.32. The lowest BCUT2D eigenvalue weighted by molar-refractivity contribution is -0.139.